The summed E-state index contributed by atoms with van der Waals surface area (Å²) in [5.41, 5.74) is 5.17. The van der Waals surface area contributed by atoms with Gasteiger partial charge in [-0.15, -0.1) is 11.3 Å². The molecule has 1 heterocycles. The Morgan fingerprint density at radius 2 is 1.88 bits per heavy atom. The topological polar surface area (TPSA) is 54.4 Å². The van der Waals surface area contributed by atoms with E-state index < -0.39 is 0 Å². The molecule has 0 aliphatic rings. The van der Waals surface area contributed by atoms with Gasteiger partial charge < -0.3 is 0 Å². The molecule has 0 aliphatic carbocycles. The molecule has 1 aromatic heterocycles. The van der Waals surface area contributed by atoms with Crippen LogP contribution in [0.15, 0.2) is 64.2 Å². The van der Waals surface area contributed by atoms with E-state index in [1.54, 1.807) is 6.21 Å². The smallest absolute Gasteiger partial charge is 0.266 e. The van der Waals surface area contributed by atoms with E-state index in [4.69, 9.17) is 0 Å². The number of carbonyl (C=O) groups excluding carboxylic acids is 1. The number of nitrogens with one attached hydrogen (secondary N) is 1. The van der Waals surface area contributed by atoms with Crippen LogP contribution in [-0.4, -0.2) is 17.1 Å². The molecule has 2 aromatic carbocycles. The highest BCUT2D eigenvalue weighted by Gasteiger charge is 2.15. The van der Waals surface area contributed by atoms with Crippen molar-refractivity contribution in [2.45, 2.75) is 6.92 Å². The molecule has 0 unspecified atom stereocenters. The Morgan fingerprint density at radius 1 is 1.17 bits per heavy atom. The van der Waals surface area contributed by atoms with Gasteiger partial charge >= 0.3 is 0 Å². The summed E-state index contributed by atoms with van der Waals surface area (Å²) < 4.78 is 0.998. The number of thiazole rings is 1. The van der Waals surface area contributed by atoms with Crippen LogP contribution >= 0.6 is 27.3 Å². The molecule has 0 saturated heterocycles. The fourth-order valence-corrected chi connectivity index (χ4v) is 3.30. The predicted octanol–water partition coefficient (Wildman–Crippen LogP) is 4.64. The predicted molar refractivity (Wildman–Crippen MR) is 101 cm³/mol. The Bertz CT molecular complexity index is 873. The molecular formula is C18H14BrN3OS. The van der Waals surface area contributed by atoms with Gasteiger partial charge in [0.25, 0.3) is 5.91 Å². The maximum atomic E-state index is 12.3. The maximum Gasteiger partial charge on any atom is 0.283 e. The van der Waals surface area contributed by atoms with E-state index in [9.17, 15) is 4.79 Å². The molecule has 1 N–H and O–H groups in total. The summed E-state index contributed by atoms with van der Waals surface area (Å²) in [4.78, 5) is 17.3. The molecule has 3 aromatic rings. The van der Waals surface area contributed by atoms with Crippen LogP contribution in [0.3, 0.4) is 0 Å². The maximum absolute atomic E-state index is 12.3. The van der Waals surface area contributed by atoms with Crippen molar-refractivity contribution in [3.8, 4) is 10.6 Å². The zero-order valence-electron chi connectivity index (χ0n) is 12.9. The molecule has 0 fully saturated rings. The van der Waals surface area contributed by atoms with Gasteiger partial charge in [0.2, 0.25) is 0 Å². The standard InChI is InChI=1S/C18H14BrN3OS/c1-12-16(24-18(21-12)14-5-3-2-4-6-14)17(23)22-20-11-13-7-9-15(19)10-8-13/h2-11H,1H3,(H,22,23)/b20-11+. The second kappa shape index (κ2) is 7.51. The second-order valence-corrected chi connectivity index (χ2v) is 6.97. The second-order valence-electron chi connectivity index (χ2n) is 5.05. The molecular weight excluding hydrogens is 386 g/mol. The summed E-state index contributed by atoms with van der Waals surface area (Å²) in [6.07, 6.45) is 1.61. The molecule has 0 radical (unpaired) electrons. The van der Waals surface area contributed by atoms with Gasteiger partial charge in [-0.05, 0) is 24.6 Å². The third-order valence-corrected chi connectivity index (χ3v) is 5.01. The first-order valence-corrected chi connectivity index (χ1v) is 8.86. The summed E-state index contributed by atoms with van der Waals surface area (Å²) in [6.45, 7) is 1.83. The molecule has 0 aliphatic heterocycles. The van der Waals surface area contributed by atoms with Gasteiger partial charge in [0, 0.05) is 10.0 Å². The number of amides is 1. The largest absolute Gasteiger partial charge is 0.283 e. The number of carbonyl (C=O) groups is 1. The van der Waals surface area contributed by atoms with Crippen molar-refractivity contribution >= 4 is 39.4 Å². The van der Waals surface area contributed by atoms with Crippen LogP contribution in [0, 0.1) is 6.92 Å². The molecule has 0 saturated carbocycles. The highest BCUT2D eigenvalue weighted by atomic mass is 79.9. The Balaban J connectivity index is 1.71. The number of halogens is 1. The number of benzene rings is 2. The molecule has 120 valence electrons. The molecule has 0 spiro atoms. The van der Waals surface area contributed by atoms with Crippen molar-refractivity contribution in [2.75, 3.05) is 0 Å². The van der Waals surface area contributed by atoms with Crippen molar-refractivity contribution in [3.05, 3.63) is 75.2 Å². The van der Waals surface area contributed by atoms with Gasteiger partial charge in [-0.3, -0.25) is 4.79 Å². The number of aryl methyl sites for hydroxylation is 1. The molecule has 6 heteroatoms. The van der Waals surface area contributed by atoms with E-state index in [2.05, 4.69) is 31.4 Å². The van der Waals surface area contributed by atoms with Crippen molar-refractivity contribution in [2.24, 2.45) is 5.10 Å². The molecule has 1 amide bonds. The van der Waals surface area contributed by atoms with Crippen LogP contribution in [-0.2, 0) is 0 Å². The highest BCUT2D eigenvalue weighted by Crippen LogP contribution is 2.27. The number of aromatic nitrogens is 1. The van der Waals surface area contributed by atoms with Crippen LogP contribution in [0.4, 0.5) is 0 Å². The zero-order chi connectivity index (χ0) is 16.9. The van der Waals surface area contributed by atoms with Crippen molar-refractivity contribution in [3.63, 3.8) is 0 Å². The summed E-state index contributed by atoms with van der Waals surface area (Å²) in [5, 5.41) is 4.84. The van der Waals surface area contributed by atoms with Gasteiger partial charge in [0.15, 0.2) is 0 Å². The van der Waals surface area contributed by atoms with E-state index in [0.717, 1.165) is 20.6 Å². The average molecular weight is 400 g/mol. The zero-order valence-corrected chi connectivity index (χ0v) is 15.3. The van der Waals surface area contributed by atoms with Crippen LogP contribution in [0.25, 0.3) is 10.6 Å². The lowest BCUT2D eigenvalue weighted by Crippen LogP contribution is -2.17. The SMILES string of the molecule is Cc1nc(-c2ccccc2)sc1C(=O)N/N=C/c1ccc(Br)cc1. The Labute approximate surface area is 152 Å². The number of rotatable bonds is 4. The minimum atomic E-state index is -0.249. The first-order chi connectivity index (χ1) is 11.6. The van der Waals surface area contributed by atoms with Crippen molar-refractivity contribution < 1.29 is 4.79 Å². The van der Waals surface area contributed by atoms with E-state index >= 15 is 0 Å². The molecule has 0 bridgehead atoms. The summed E-state index contributed by atoms with van der Waals surface area (Å²) in [6, 6.07) is 17.5. The third kappa shape index (κ3) is 3.96. The fraction of sp³-hybridized carbons (Fsp3) is 0.0556. The van der Waals surface area contributed by atoms with Crippen LogP contribution in [0.5, 0.6) is 0 Å². The number of hydrogen-bond acceptors (Lipinski definition) is 4. The fourth-order valence-electron chi connectivity index (χ4n) is 2.08. The average Bonchev–Trinajstić information content (AvgIpc) is 2.99. The number of nitrogens with zero attached hydrogens (tertiary/aromatic N) is 2. The van der Waals surface area contributed by atoms with E-state index in [1.807, 2.05) is 61.5 Å². The highest BCUT2D eigenvalue weighted by molar-refractivity contribution is 9.10. The monoisotopic (exact) mass is 399 g/mol. The first kappa shape index (κ1) is 16.5. The van der Waals surface area contributed by atoms with E-state index in [0.29, 0.717) is 10.6 Å². The molecule has 24 heavy (non-hydrogen) atoms. The minimum absolute atomic E-state index is 0.249. The normalized spacial score (nSPS) is 10.9. The van der Waals surface area contributed by atoms with E-state index in [1.165, 1.54) is 11.3 Å². The number of hydrazone groups is 1. The third-order valence-electron chi connectivity index (χ3n) is 3.27. The number of hydrogen-bond donors (Lipinski definition) is 1. The quantitative estimate of drug-likeness (QED) is 0.512. The van der Waals surface area contributed by atoms with Crippen LogP contribution in [0.1, 0.15) is 20.9 Å². The van der Waals surface area contributed by atoms with Crippen molar-refractivity contribution in [1.29, 1.82) is 0 Å². The Morgan fingerprint density at radius 3 is 2.58 bits per heavy atom. The van der Waals surface area contributed by atoms with Crippen LogP contribution < -0.4 is 5.43 Å². The summed E-state index contributed by atoms with van der Waals surface area (Å²) >= 11 is 4.74. The first-order valence-electron chi connectivity index (χ1n) is 7.25. The Kier molecular flexibility index (Phi) is 5.17. The van der Waals surface area contributed by atoms with E-state index in [-0.39, 0.29) is 5.91 Å². The van der Waals surface area contributed by atoms with Gasteiger partial charge in [0.05, 0.1) is 11.9 Å². The van der Waals surface area contributed by atoms with Gasteiger partial charge in [-0.2, -0.15) is 5.10 Å². The van der Waals surface area contributed by atoms with Gasteiger partial charge in [-0.25, -0.2) is 10.4 Å². The lowest BCUT2D eigenvalue weighted by atomic mass is 10.2. The molecule has 0 atom stereocenters. The molecule has 4 nitrogen and oxygen atoms in total. The molecule has 3 rings (SSSR count). The lowest BCUT2D eigenvalue weighted by Gasteiger charge is -1.97. The minimum Gasteiger partial charge on any atom is -0.266 e. The Hall–Kier alpha value is -2.31. The summed E-state index contributed by atoms with van der Waals surface area (Å²) in [5.74, 6) is -0.249. The lowest BCUT2D eigenvalue weighted by molar-refractivity contribution is 0.0958. The van der Waals surface area contributed by atoms with Crippen molar-refractivity contribution in [1.82, 2.24) is 10.4 Å². The van der Waals surface area contributed by atoms with Gasteiger partial charge in [-0.1, -0.05) is 58.4 Å². The van der Waals surface area contributed by atoms with Gasteiger partial charge in [0.1, 0.15) is 9.88 Å². The summed E-state index contributed by atoms with van der Waals surface area (Å²) in [7, 11) is 0. The van der Waals surface area contributed by atoms with Crippen LogP contribution in [0.2, 0.25) is 0 Å².